The lowest BCUT2D eigenvalue weighted by molar-refractivity contribution is -0.114. The first kappa shape index (κ1) is 16.7. The van der Waals surface area contributed by atoms with Gasteiger partial charge in [-0.05, 0) is 43.7 Å². The second-order valence-electron chi connectivity index (χ2n) is 5.43. The molecule has 6 heteroatoms. The van der Waals surface area contributed by atoms with E-state index in [4.69, 9.17) is 11.6 Å². The predicted octanol–water partition coefficient (Wildman–Crippen LogP) is 4.03. The minimum Gasteiger partial charge on any atom is -0.299 e. The number of nitrogens with zero attached hydrogens (tertiary/aromatic N) is 2. The van der Waals surface area contributed by atoms with Gasteiger partial charge in [-0.25, -0.2) is 4.98 Å². The van der Waals surface area contributed by atoms with Gasteiger partial charge in [-0.3, -0.25) is 14.2 Å². The lowest BCUT2D eigenvalue weighted by atomic mass is 10.2. The number of aromatic nitrogens is 2. The van der Waals surface area contributed by atoms with Crippen molar-refractivity contribution in [3.63, 3.8) is 0 Å². The predicted molar refractivity (Wildman–Crippen MR) is 98.5 cm³/mol. The van der Waals surface area contributed by atoms with Gasteiger partial charge in [0, 0.05) is 5.02 Å². The van der Waals surface area contributed by atoms with E-state index in [1.54, 1.807) is 24.3 Å². The van der Waals surface area contributed by atoms with Crippen LogP contribution in [-0.4, -0.2) is 21.1 Å². The molecule has 24 heavy (non-hydrogen) atoms. The molecule has 0 spiro atoms. The van der Waals surface area contributed by atoms with E-state index >= 15 is 0 Å². The lowest BCUT2D eigenvalue weighted by Gasteiger charge is -2.15. The fourth-order valence-corrected chi connectivity index (χ4v) is 3.40. The van der Waals surface area contributed by atoms with Gasteiger partial charge < -0.3 is 0 Å². The van der Waals surface area contributed by atoms with E-state index in [9.17, 15) is 9.59 Å². The molecule has 0 saturated heterocycles. The van der Waals surface area contributed by atoms with Gasteiger partial charge in [-0.1, -0.05) is 41.6 Å². The normalized spacial score (nSPS) is 11.0. The Hall–Kier alpha value is -2.11. The Balaban J connectivity index is 2.33. The van der Waals surface area contributed by atoms with Gasteiger partial charge in [0.2, 0.25) is 0 Å². The molecule has 3 aromatic rings. The maximum atomic E-state index is 13.0. The SMILES string of the molecule is CC(=O)CSc1nc2ccccc2c(=O)n1-c1cccc(Cl)c1C. The van der Waals surface area contributed by atoms with Gasteiger partial charge in [0.25, 0.3) is 5.56 Å². The van der Waals surface area contributed by atoms with Crippen LogP contribution in [0.3, 0.4) is 0 Å². The highest BCUT2D eigenvalue weighted by Crippen LogP contribution is 2.26. The van der Waals surface area contributed by atoms with Crippen LogP contribution < -0.4 is 5.56 Å². The molecule has 122 valence electrons. The molecule has 1 heterocycles. The fourth-order valence-electron chi connectivity index (χ4n) is 2.43. The number of Topliss-reactive ketones (excluding diaryl/α,β-unsaturated/α-hetero) is 1. The Labute approximate surface area is 148 Å². The Morgan fingerprint density at radius 1 is 1.21 bits per heavy atom. The van der Waals surface area contributed by atoms with Gasteiger partial charge >= 0.3 is 0 Å². The number of fused-ring (bicyclic) bond motifs is 1. The molecular formula is C18H15ClN2O2S. The molecule has 4 nitrogen and oxygen atoms in total. The molecule has 0 aliphatic heterocycles. The number of ketones is 1. The second-order valence-corrected chi connectivity index (χ2v) is 6.78. The summed E-state index contributed by atoms with van der Waals surface area (Å²) in [6.45, 7) is 3.37. The number of halogens is 1. The minimum absolute atomic E-state index is 0.0248. The Morgan fingerprint density at radius 2 is 1.96 bits per heavy atom. The van der Waals surface area contributed by atoms with Gasteiger partial charge in [0.1, 0.15) is 5.78 Å². The van der Waals surface area contributed by atoms with Gasteiger partial charge in [-0.15, -0.1) is 0 Å². The van der Waals surface area contributed by atoms with Crippen molar-refractivity contribution in [1.82, 2.24) is 9.55 Å². The van der Waals surface area contributed by atoms with Crippen molar-refractivity contribution in [1.29, 1.82) is 0 Å². The topological polar surface area (TPSA) is 52.0 Å². The van der Waals surface area contributed by atoms with Crippen LogP contribution in [0.4, 0.5) is 0 Å². The molecule has 0 bridgehead atoms. The largest absolute Gasteiger partial charge is 0.299 e. The summed E-state index contributed by atoms with van der Waals surface area (Å²) in [5, 5.41) is 1.60. The third kappa shape index (κ3) is 3.09. The Kier molecular flexibility index (Phi) is 4.73. The van der Waals surface area contributed by atoms with E-state index in [1.807, 2.05) is 25.1 Å². The van der Waals surface area contributed by atoms with E-state index < -0.39 is 0 Å². The summed E-state index contributed by atoms with van der Waals surface area (Å²) in [4.78, 5) is 29.0. The summed E-state index contributed by atoms with van der Waals surface area (Å²) in [7, 11) is 0. The number of hydrogen-bond donors (Lipinski definition) is 0. The molecule has 2 aromatic carbocycles. The maximum Gasteiger partial charge on any atom is 0.266 e. The fraction of sp³-hybridized carbons (Fsp3) is 0.167. The van der Waals surface area contributed by atoms with Crippen LogP contribution >= 0.6 is 23.4 Å². The summed E-state index contributed by atoms with van der Waals surface area (Å²) in [6, 6.07) is 12.6. The summed E-state index contributed by atoms with van der Waals surface area (Å²) >= 11 is 7.47. The molecule has 3 rings (SSSR count). The average Bonchev–Trinajstić information content (AvgIpc) is 2.56. The van der Waals surface area contributed by atoms with Crippen molar-refractivity contribution >= 4 is 40.0 Å². The lowest BCUT2D eigenvalue weighted by Crippen LogP contribution is -2.23. The van der Waals surface area contributed by atoms with Crippen molar-refractivity contribution in [3.05, 3.63) is 63.4 Å². The van der Waals surface area contributed by atoms with Gasteiger partial charge in [0.05, 0.1) is 22.3 Å². The van der Waals surface area contributed by atoms with E-state index in [0.717, 1.165) is 5.56 Å². The number of para-hydroxylation sites is 1. The van der Waals surface area contributed by atoms with Crippen molar-refractivity contribution in [2.24, 2.45) is 0 Å². The molecular weight excluding hydrogens is 344 g/mol. The summed E-state index contributed by atoms with van der Waals surface area (Å²) in [5.74, 6) is 0.279. The van der Waals surface area contributed by atoms with Gasteiger partial charge in [-0.2, -0.15) is 0 Å². The molecule has 0 atom stereocenters. The number of rotatable bonds is 4. The zero-order valence-corrected chi connectivity index (χ0v) is 14.8. The average molecular weight is 359 g/mol. The number of carbonyl (C=O) groups excluding carboxylic acids is 1. The van der Waals surface area contributed by atoms with Crippen LogP contribution in [0.2, 0.25) is 5.02 Å². The molecule has 0 aliphatic rings. The zero-order chi connectivity index (χ0) is 17.3. The first-order valence-electron chi connectivity index (χ1n) is 7.38. The monoisotopic (exact) mass is 358 g/mol. The molecule has 0 aliphatic carbocycles. The van der Waals surface area contributed by atoms with E-state index in [2.05, 4.69) is 4.98 Å². The smallest absolute Gasteiger partial charge is 0.266 e. The third-order valence-electron chi connectivity index (χ3n) is 3.63. The molecule has 1 aromatic heterocycles. The molecule has 0 fully saturated rings. The maximum absolute atomic E-state index is 13.0. The van der Waals surface area contributed by atoms with Crippen molar-refractivity contribution < 1.29 is 4.79 Å². The zero-order valence-electron chi connectivity index (χ0n) is 13.2. The number of benzene rings is 2. The number of thioether (sulfide) groups is 1. The Morgan fingerprint density at radius 3 is 2.71 bits per heavy atom. The third-order valence-corrected chi connectivity index (χ3v) is 5.12. The van der Waals surface area contributed by atoms with Crippen LogP contribution in [-0.2, 0) is 4.79 Å². The van der Waals surface area contributed by atoms with E-state index in [0.29, 0.717) is 26.8 Å². The van der Waals surface area contributed by atoms with Crippen LogP contribution in [0.25, 0.3) is 16.6 Å². The standard InChI is InChI=1S/C18H15ClN2O2S/c1-11(22)10-24-18-20-15-8-4-3-6-13(15)17(23)21(18)16-9-5-7-14(19)12(16)2/h3-9H,10H2,1-2H3. The minimum atomic E-state index is -0.169. The summed E-state index contributed by atoms with van der Waals surface area (Å²) in [6.07, 6.45) is 0. The first-order chi connectivity index (χ1) is 11.5. The summed E-state index contributed by atoms with van der Waals surface area (Å²) in [5.41, 5.74) is 1.92. The van der Waals surface area contributed by atoms with E-state index in [1.165, 1.54) is 23.3 Å². The summed E-state index contributed by atoms with van der Waals surface area (Å²) < 4.78 is 1.54. The van der Waals surface area contributed by atoms with Crippen LogP contribution in [0, 0.1) is 6.92 Å². The van der Waals surface area contributed by atoms with Gasteiger partial charge in [0.15, 0.2) is 5.16 Å². The quantitative estimate of drug-likeness (QED) is 0.522. The van der Waals surface area contributed by atoms with Crippen LogP contribution in [0.1, 0.15) is 12.5 Å². The second kappa shape index (κ2) is 6.79. The van der Waals surface area contributed by atoms with Crippen LogP contribution in [0.15, 0.2) is 52.4 Å². The highest BCUT2D eigenvalue weighted by Gasteiger charge is 2.16. The molecule has 0 radical (unpaired) electrons. The Bertz CT molecular complexity index is 998. The molecule has 0 unspecified atom stereocenters. The first-order valence-corrected chi connectivity index (χ1v) is 8.75. The van der Waals surface area contributed by atoms with Crippen molar-refractivity contribution in [2.75, 3.05) is 5.75 Å². The van der Waals surface area contributed by atoms with Crippen molar-refractivity contribution in [2.45, 2.75) is 19.0 Å². The molecule has 0 N–H and O–H groups in total. The highest BCUT2D eigenvalue weighted by atomic mass is 35.5. The van der Waals surface area contributed by atoms with Crippen molar-refractivity contribution in [3.8, 4) is 5.69 Å². The van der Waals surface area contributed by atoms with Crippen LogP contribution in [0.5, 0.6) is 0 Å². The molecule has 0 saturated carbocycles. The molecule has 0 amide bonds. The number of carbonyl (C=O) groups is 1. The number of hydrogen-bond acceptors (Lipinski definition) is 4. The highest BCUT2D eigenvalue weighted by molar-refractivity contribution is 7.99. The van der Waals surface area contributed by atoms with E-state index in [-0.39, 0.29) is 17.1 Å².